The van der Waals surface area contributed by atoms with Crippen molar-refractivity contribution in [1.82, 2.24) is 9.78 Å². The fourth-order valence-electron chi connectivity index (χ4n) is 2.86. The minimum Gasteiger partial charge on any atom is -0.477 e. The smallest absolute Gasteiger partial charge is 0.350 e. The predicted octanol–water partition coefficient (Wildman–Crippen LogP) is 3.94. The first-order chi connectivity index (χ1) is 13.2. The molecule has 28 heavy (non-hydrogen) atoms. The van der Waals surface area contributed by atoms with E-state index in [-0.39, 0.29) is 17.2 Å². The third kappa shape index (κ3) is 3.98. The molecule has 0 aliphatic carbocycles. The van der Waals surface area contributed by atoms with Crippen molar-refractivity contribution in [3.8, 4) is 0 Å². The van der Waals surface area contributed by atoms with Crippen LogP contribution < -0.4 is 0 Å². The minimum absolute atomic E-state index is 0.0840. The number of aliphatic imine (C=N–C) groups is 1. The topological polar surface area (TPSA) is 84.5 Å². The Hall–Kier alpha value is -3.35. The highest BCUT2D eigenvalue weighted by Gasteiger charge is 2.28. The molecule has 3 rings (SSSR count). The van der Waals surface area contributed by atoms with Crippen LogP contribution in [0.1, 0.15) is 36.8 Å². The second kappa shape index (κ2) is 7.34. The van der Waals surface area contributed by atoms with E-state index in [9.17, 15) is 19.1 Å². The quantitative estimate of drug-likeness (QED) is 0.694. The van der Waals surface area contributed by atoms with Crippen LogP contribution in [0.15, 0.2) is 53.5 Å². The molecule has 0 saturated carbocycles. The lowest BCUT2D eigenvalue weighted by Crippen LogP contribution is -2.29. The predicted molar refractivity (Wildman–Crippen MR) is 104 cm³/mol. The number of hydrogen-bond acceptors (Lipinski definition) is 3. The summed E-state index contributed by atoms with van der Waals surface area (Å²) in [5.74, 6) is -2.28. The number of para-hydroxylation sites is 1. The van der Waals surface area contributed by atoms with E-state index < -0.39 is 17.3 Å². The van der Waals surface area contributed by atoms with Crippen molar-refractivity contribution in [2.45, 2.75) is 27.3 Å². The van der Waals surface area contributed by atoms with Crippen LogP contribution in [0.25, 0.3) is 10.9 Å². The number of rotatable bonds is 4. The van der Waals surface area contributed by atoms with Gasteiger partial charge >= 0.3 is 5.97 Å². The molecule has 0 bridgehead atoms. The number of carboxylic acids is 1. The molecule has 0 unspecified atom stereocenters. The van der Waals surface area contributed by atoms with Gasteiger partial charge in [-0.3, -0.25) is 9.48 Å². The zero-order chi connectivity index (χ0) is 20.5. The normalized spacial score (nSPS) is 12.4. The maximum atomic E-state index is 13.1. The van der Waals surface area contributed by atoms with Crippen LogP contribution in [-0.4, -0.2) is 32.5 Å². The Morgan fingerprint density at radius 1 is 1.11 bits per heavy atom. The zero-order valence-corrected chi connectivity index (χ0v) is 15.8. The molecule has 1 heterocycles. The van der Waals surface area contributed by atoms with Crippen LogP contribution in [0.3, 0.4) is 0 Å². The molecule has 2 aromatic carbocycles. The van der Waals surface area contributed by atoms with E-state index in [1.165, 1.54) is 12.1 Å². The molecule has 0 aliphatic rings. The van der Waals surface area contributed by atoms with E-state index in [2.05, 4.69) is 10.1 Å². The molecule has 3 aromatic rings. The first-order valence-electron chi connectivity index (χ1n) is 8.73. The number of nitrogens with zero attached hydrogens (tertiary/aromatic N) is 3. The lowest BCUT2D eigenvalue weighted by Gasteiger charge is -2.17. The van der Waals surface area contributed by atoms with Gasteiger partial charge < -0.3 is 5.11 Å². The highest BCUT2D eigenvalue weighted by atomic mass is 19.1. The molecule has 0 aliphatic heterocycles. The van der Waals surface area contributed by atoms with Gasteiger partial charge in [0.2, 0.25) is 0 Å². The molecule has 0 atom stereocenters. The van der Waals surface area contributed by atoms with E-state index in [0.29, 0.717) is 17.4 Å². The van der Waals surface area contributed by atoms with Gasteiger partial charge in [0.15, 0.2) is 5.69 Å². The van der Waals surface area contributed by atoms with Crippen molar-refractivity contribution < 1.29 is 19.1 Å². The standard InChI is InChI=1S/C21H20FN3O3/c1-21(2,3)18(20(27)28)23-19(26)17-15-6-4-5-7-16(15)25(24-17)12-13-8-10-14(22)11-9-13/h4-11H,12H2,1-3H3,(H,27,28). The number of aliphatic carboxylic acids is 1. The van der Waals surface area contributed by atoms with E-state index >= 15 is 0 Å². The van der Waals surface area contributed by atoms with E-state index in [0.717, 1.165) is 5.56 Å². The van der Waals surface area contributed by atoms with Gasteiger partial charge in [0.05, 0.1) is 12.1 Å². The second-order valence-electron chi connectivity index (χ2n) is 7.47. The summed E-state index contributed by atoms with van der Waals surface area (Å²) < 4.78 is 14.8. The molecular weight excluding hydrogens is 361 g/mol. The minimum atomic E-state index is -1.24. The summed E-state index contributed by atoms with van der Waals surface area (Å²) in [6.07, 6.45) is 0. The Balaban J connectivity index is 2.06. The largest absolute Gasteiger partial charge is 0.477 e. The summed E-state index contributed by atoms with van der Waals surface area (Å²) >= 11 is 0. The second-order valence-corrected chi connectivity index (χ2v) is 7.47. The van der Waals surface area contributed by atoms with E-state index in [4.69, 9.17) is 0 Å². The van der Waals surface area contributed by atoms with E-state index in [1.54, 1.807) is 49.7 Å². The Bertz CT molecular complexity index is 1080. The average Bonchev–Trinajstić information content (AvgIpc) is 2.99. The number of halogens is 1. The Morgan fingerprint density at radius 3 is 2.36 bits per heavy atom. The van der Waals surface area contributed by atoms with Crippen molar-refractivity contribution in [3.63, 3.8) is 0 Å². The molecule has 1 N–H and O–H groups in total. The van der Waals surface area contributed by atoms with Crippen molar-refractivity contribution in [2.75, 3.05) is 0 Å². The number of carbonyl (C=O) groups is 2. The van der Waals surface area contributed by atoms with Gasteiger partial charge in [-0.05, 0) is 23.8 Å². The highest BCUT2D eigenvalue weighted by Crippen LogP contribution is 2.22. The van der Waals surface area contributed by atoms with Gasteiger partial charge in [0, 0.05) is 10.8 Å². The molecule has 7 heteroatoms. The fourth-order valence-corrected chi connectivity index (χ4v) is 2.86. The van der Waals surface area contributed by atoms with Gasteiger partial charge in [-0.25, -0.2) is 14.2 Å². The first-order valence-corrected chi connectivity index (χ1v) is 8.73. The van der Waals surface area contributed by atoms with Crippen molar-refractivity contribution in [3.05, 3.63) is 65.6 Å². The first kappa shape index (κ1) is 19.4. The molecule has 1 aromatic heterocycles. The summed E-state index contributed by atoms with van der Waals surface area (Å²) in [6, 6.07) is 13.2. The van der Waals surface area contributed by atoms with Crippen molar-refractivity contribution >= 4 is 28.5 Å². The molecule has 1 amide bonds. The summed E-state index contributed by atoms with van der Waals surface area (Å²) in [4.78, 5) is 28.1. The molecule has 144 valence electrons. The number of amides is 1. The average molecular weight is 381 g/mol. The highest BCUT2D eigenvalue weighted by molar-refractivity contribution is 6.39. The number of hydrogen-bond donors (Lipinski definition) is 1. The number of benzene rings is 2. The maximum Gasteiger partial charge on any atom is 0.350 e. The van der Waals surface area contributed by atoms with Gasteiger partial charge in [-0.1, -0.05) is 51.1 Å². The van der Waals surface area contributed by atoms with Crippen molar-refractivity contribution in [2.24, 2.45) is 10.4 Å². The Labute approximate surface area is 161 Å². The third-order valence-electron chi connectivity index (χ3n) is 4.23. The number of carbonyl (C=O) groups excluding carboxylic acids is 1. The lowest BCUT2D eigenvalue weighted by molar-refractivity contribution is -0.129. The summed E-state index contributed by atoms with van der Waals surface area (Å²) in [6.45, 7) is 5.37. The van der Waals surface area contributed by atoms with Crippen LogP contribution in [-0.2, 0) is 11.3 Å². The third-order valence-corrected chi connectivity index (χ3v) is 4.23. The van der Waals surface area contributed by atoms with Crippen LogP contribution in [0, 0.1) is 11.2 Å². The van der Waals surface area contributed by atoms with Crippen molar-refractivity contribution in [1.29, 1.82) is 0 Å². The zero-order valence-electron chi connectivity index (χ0n) is 15.8. The van der Waals surface area contributed by atoms with E-state index in [1.807, 2.05) is 12.1 Å². The van der Waals surface area contributed by atoms with Gasteiger partial charge in [-0.15, -0.1) is 0 Å². The van der Waals surface area contributed by atoms with Gasteiger partial charge in [0.25, 0.3) is 5.91 Å². The van der Waals surface area contributed by atoms with Gasteiger partial charge in [0.1, 0.15) is 11.5 Å². The van der Waals surface area contributed by atoms with Crippen LogP contribution in [0.2, 0.25) is 0 Å². The lowest BCUT2D eigenvalue weighted by atomic mass is 9.90. The molecule has 0 fully saturated rings. The number of aromatic nitrogens is 2. The van der Waals surface area contributed by atoms with Gasteiger partial charge in [-0.2, -0.15) is 5.10 Å². The molecule has 0 radical (unpaired) electrons. The van der Waals surface area contributed by atoms with Crippen LogP contribution in [0.4, 0.5) is 4.39 Å². The Morgan fingerprint density at radius 2 is 1.75 bits per heavy atom. The van der Waals surface area contributed by atoms with Crippen LogP contribution in [0.5, 0.6) is 0 Å². The fraction of sp³-hybridized carbons (Fsp3) is 0.238. The SMILES string of the molecule is CC(C)(C)C(=NC(=O)c1nn(Cc2ccc(F)cc2)c2ccccc12)C(=O)O. The molecule has 0 saturated heterocycles. The molecule has 6 nitrogen and oxygen atoms in total. The maximum absolute atomic E-state index is 13.1. The Kier molecular flexibility index (Phi) is 5.09. The summed E-state index contributed by atoms with van der Waals surface area (Å²) in [5, 5.41) is 14.4. The summed E-state index contributed by atoms with van der Waals surface area (Å²) in [5.41, 5.74) is 0.583. The number of fused-ring (bicyclic) bond motifs is 1. The van der Waals surface area contributed by atoms with Crippen LogP contribution >= 0.6 is 0 Å². The number of carboxylic acid groups (broad SMARTS) is 1. The molecular formula is C21H20FN3O3. The monoisotopic (exact) mass is 381 g/mol. The molecule has 0 spiro atoms. The summed E-state index contributed by atoms with van der Waals surface area (Å²) in [7, 11) is 0.